The van der Waals surface area contributed by atoms with Crippen molar-refractivity contribution in [3.8, 4) is 0 Å². The standard InChI is InChI=1S/C35H31NO2S/c1-25-20-22-30(23-21-25)39(37,38)36-35(27-14-6-3-7-15-27)33(26-12-4-2-5-13-26)34-31-18-10-8-16-28(31)24-29-17-9-11-19-32(29)34/h2-23,33-36H,24H2,1H3/t33-,35+/m0/s1. The molecule has 4 heteroatoms. The van der Waals surface area contributed by atoms with E-state index in [0.717, 1.165) is 23.1 Å². The van der Waals surface area contributed by atoms with Gasteiger partial charge in [0.25, 0.3) is 0 Å². The molecule has 1 aliphatic carbocycles. The van der Waals surface area contributed by atoms with E-state index >= 15 is 0 Å². The zero-order valence-corrected chi connectivity index (χ0v) is 22.7. The van der Waals surface area contributed by atoms with Gasteiger partial charge in [0, 0.05) is 11.8 Å². The average molecular weight is 530 g/mol. The van der Waals surface area contributed by atoms with Gasteiger partial charge in [-0.2, -0.15) is 0 Å². The number of benzene rings is 5. The molecule has 0 saturated carbocycles. The Labute approximate surface area is 231 Å². The summed E-state index contributed by atoms with van der Waals surface area (Å²) >= 11 is 0. The van der Waals surface area contributed by atoms with Crippen LogP contribution in [0, 0.1) is 6.92 Å². The third-order valence-corrected chi connectivity index (χ3v) is 9.29. The van der Waals surface area contributed by atoms with Crippen molar-refractivity contribution in [2.45, 2.75) is 36.1 Å². The van der Waals surface area contributed by atoms with Gasteiger partial charge in [-0.15, -0.1) is 0 Å². The Morgan fingerprint density at radius 3 is 1.67 bits per heavy atom. The van der Waals surface area contributed by atoms with Gasteiger partial charge in [-0.1, -0.05) is 127 Å². The van der Waals surface area contributed by atoms with Gasteiger partial charge < -0.3 is 0 Å². The topological polar surface area (TPSA) is 46.2 Å². The van der Waals surface area contributed by atoms with Gasteiger partial charge in [-0.25, -0.2) is 13.1 Å². The van der Waals surface area contributed by atoms with E-state index in [9.17, 15) is 8.42 Å². The van der Waals surface area contributed by atoms with Crippen LogP contribution in [0.4, 0.5) is 0 Å². The average Bonchev–Trinajstić information content (AvgIpc) is 2.97. The minimum Gasteiger partial charge on any atom is -0.207 e. The lowest BCUT2D eigenvalue weighted by molar-refractivity contribution is 0.454. The van der Waals surface area contributed by atoms with Crippen molar-refractivity contribution in [1.29, 1.82) is 0 Å². The predicted molar refractivity (Wildman–Crippen MR) is 157 cm³/mol. The van der Waals surface area contributed by atoms with Crippen molar-refractivity contribution in [3.63, 3.8) is 0 Å². The molecule has 0 heterocycles. The van der Waals surface area contributed by atoms with Crippen molar-refractivity contribution in [3.05, 3.63) is 172 Å². The fraction of sp³-hybridized carbons (Fsp3) is 0.143. The molecule has 2 atom stereocenters. The summed E-state index contributed by atoms with van der Waals surface area (Å²) < 4.78 is 31.0. The van der Waals surface area contributed by atoms with Gasteiger partial charge in [-0.3, -0.25) is 0 Å². The molecule has 6 rings (SSSR count). The molecule has 1 aliphatic rings. The number of hydrogen-bond donors (Lipinski definition) is 1. The predicted octanol–water partition coefficient (Wildman–Crippen LogP) is 7.53. The van der Waals surface area contributed by atoms with Crippen LogP contribution < -0.4 is 4.72 Å². The van der Waals surface area contributed by atoms with Gasteiger partial charge in [0.15, 0.2) is 0 Å². The van der Waals surface area contributed by atoms with Crippen molar-refractivity contribution >= 4 is 10.0 Å². The summed E-state index contributed by atoms with van der Waals surface area (Å²) in [5.74, 6) is -0.240. The number of nitrogens with one attached hydrogen (secondary N) is 1. The van der Waals surface area contributed by atoms with E-state index in [4.69, 9.17) is 0 Å². The molecule has 0 unspecified atom stereocenters. The maximum absolute atomic E-state index is 13.9. The SMILES string of the molecule is Cc1ccc(S(=O)(=O)N[C@H](c2ccccc2)[C@@H](c2ccccc2)C2c3ccccc3Cc3ccccc32)cc1. The van der Waals surface area contributed by atoms with E-state index in [0.29, 0.717) is 0 Å². The largest absolute Gasteiger partial charge is 0.241 e. The molecule has 0 fully saturated rings. The van der Waals surface area contributed by atoms with Crippen LogP contribution in [0.1, 0.15) is 56.8 Å². The molecule has 5 aromatic carbocycles. The molecule has 194 valence electrons. The van der Waals surface area contributed by atoms with Crippen LogP contribution in [0.15, 0.2) is 138 Å². The first kappa shape index (κ1) is 25.3. The Bertz CT molecular complexity index is 1630. The first-order valence-corrected chi connectivity index (χ1v) is 14.8. The van der Waals surface area contributed by atoms with E-state index in [2.05, 4.69) is 65.4 Å². The highest BCUT2D eigenvalue weighted by Gasteiger charge is 2.39. The molecule has 3 nitrogen and oxygen atoms in total. The second-order valence-corrected chi connectivity index (χ2v) is 12.0. The number of hydrogen-bond acceptors (Lipinski definition) is 2. The fourth-order valence-corrected chi connectivity index (χ4v) is 7.22. The molecule has 1 N–H and O–H groups in total. The summed E-state index contributed by atoms with van der Waals surface area (Å²) in [6, 6.07) is 44.1. The van der Waals surface area contributed by atoms with Crippen LogP contribution in [0.3, 0.4) is 0 Å². The first-order chi connectivity index (χ1) is 19.0. The molecule has 5 aromatic rings. The Kier molecular flexibility index (Phi) is 6.90. The van der Waals surface area contributed by atoms with Gasteiger partial charge in [0.2, 0.25) is 10.0 Å². The summed E-state index contributed by atoms with van der Waals surface area (Å²) in [4.78, 5) is 0.269. The van der Waals surface area contributed by atoms with E-state index in [1.807, 2.05) is 67.6 Å². The molecule has 0 radical (unpaired) electrons. The molecule has 0 aromatic heterocycles. The zero-order chi connectivity index (χ0) is 26.8. The third kappa shape index (κ3) is 5.06. The molecule has 0 bridgehead atoms. The zero-order valence-electron chi connectivity index (χ0n) is 21.9. The van der Waals surface area contributed by atoms with E-state index in [1.165, 1.54) is 22.3 Å². The van der Waals surface area contributed by atoms with Crippen LogP contribution in [0.2, 0.25) is 0 Å². The summed E-state index contributed by atoms with van der Waals surface area (Å²) in [5, 5.41) is 0. The second kappa shape index (κ2) is 10.6. The summed E-state index contributed by atoms with van der Waals surface area (Å²) in [5.41, 5.74) is 8.12. The fourth-order valence-electron chi connectivity index (χ4n) is 5.97. The van der Waals surface area contributed by atoms with Gasteiger partial charge in [0.05, 0.1) is 10.9 Å². The van der Waals surface area contributed by atoms with Crippen molar-refractivity contribution in [1.82, 2.24) is 4.72 Å². The van der Waals surface area contributed by atoms with Crippen LogP contribution in [0.25, 0.3) is 0 Å². The van der Waals surface area contributed by atoms with Gasteiger partial charge >= 0.3 is 0 Å². The quantitative estimate of drug-likeness (QED) is 0.237. The smallest absolute Gasteiger partial charge is 0.207 e. The van der Waals surface area contributed by atoms with Gasteiger partial charge in [0.1, 0.15) is 0 Å². The number of aryl methyl sites for hydroxylation is 1. The van der Waals surface area contributed by atoms with Crippen LogP contribution in [-0.4, -0.2) is 8.42 Å². The summed E-state index contributed by atoms with van der Waals surface area (Å²) in [6.45, 7) is 1.96. The third-order valence-electron chi connectivity index (χ3n) is 7.84. The first-order valence-electron chi connectivity index (χ1n) is 13.4. The Balaban J connectivity index is 1.58. The van der Waals surface area contributed by atoms with Crippen LogP contribution in [0.5, 0.6) is 0 Å². The van der Waals surface area contributed by atoms with Crippen molar-refractivity contribution in [2.75, 3.05) is 0 Å². The maximum Gasteiger partial charge on any atom is 0.241 e. The lowest BCUT2D eigenvalue weighted by atomic mass is 9.67. The molecular formula is C35H31NO2S. The van der Waals surface area contributed by atoms with Crippen LogP contribution >= 0.6 is 0 Å². The molecular weight excluding hydrogens is 498 g/mol. The van der Waals surface area contributed by atoms with Crippen LogP contribution in [-0.2, 0) is 16.4 Å². The van der Waals surface area contributed by atoms with Crippen molar-refractivity contribution < 1.29 is 8.42 Å². The summed E-state index contributed by atoms with van der Waals surface area (Å²) in [6.07, 6.45) is 0.870. The highest BCUT2D eigenvalue weighted by molar-refractivity contribution is 7.89. The highest BCUT2D eigenvalue weighted by Crippen LogP contribution is 2.50. The monoisotopic (exact) mass is 529 g/mol. The minimum atomic E-state index is -3.82. The second-order valence-electron chi connectivity index (χ2n) is 10.3. The molecule has 0 spiro atoms. The lowest BCUT2D eigenvalue weighted by Crippen LogP contribution is -2.36. The summed E-state index contributed by atoms with van der Waals surface area (Å²) in [7, 11) is -3.82. The van der Waals surface area contributed by atoms with Crippen molar-refractivity contribution in [2.24, 2.45) is 0 Å². The minimum absolute atomic E-state index is 0.0422. The van der Waals surface area contributed by atoms with E-state index < -0.39 is 16.1 Å². The number of rotatable bonds is 7. The number of sulfonamides is 1. The normalized spacial score (nSPS) is 14.7. The Hall–Kier alpha value is -3.99. The molecule has 0 amide bonds. The molecule has 0 saturated heterocycles. The number of fused-ring (bicyclic) bond motifs is 2. The van der Waals surface area contributed by atoms with E-state index in [-0.39, 0.29) is 16.7 Å². The van der Waals surface area contributed by atoms with Gasteiger partial charge in [-0.05, 0) is 58.9 Å². The lowest BCUT2D eigenvalue weighted by Gasteiger charge is -2.39. The molecule has 39 heavy (non-hydrogen) atoms. The molecule has 0 aliphatic heterocycles. The maximum atomic E-state index is 13.9. The Morgan fingerprint density at radius 1 is 0.615 bits per heavy atom. The Morgan fingerprint density at radius 2 is 1.10 bits per heavy atom. The highest BCUT2D eigenvalue weighted by atomic mass is 32.2. The van der Waals surface area contributed by atoms with E-state index in [1.54, 1.807) is 12.1 Å².